The van der Waals surface area contributed by atoms with Gasteiger partial charge in [-0.25, -0.2) is 4.99 Å². The van der Waals surface area contributed by atoms with Crippen molar-refractivity contribution in [1.29, 1.82) is 0 Å². The zero-order valence-corrected chi connectivity index (χ0v) is 23.8. The fourth-order valence-electron chi connectivity index (χ4n) is 5.31. The summed E-state index contributed by atoms with van der Waals surface area (Å²) >= 11 is 4.34. The van der Waals surface area contributed by atoms with E-state index in [9.17, 15) is 20.0 Å². The molecule has 0 fully saturated rings. The molecule has 0 saturated heterocycles. The Morgan fingerprint density at radius 3 is 2.70 bits per heavy atom. The Hall–Kier alpha value is -4.22. The van der Waals surface area contributed by atoms with E-state index in [-0.39, 0.29) is 31.6 Å². The molecule has 4 aromatic rings. The van der Waals surface area contributed by atoms with Crippen molar-refractivity contribution in [2.75, 3.05) is 14.2 Å². The molecule has 11 heteroatoms. The lowest BCUT2D eigenvalue weighted by Crippen LogP contribution is -2.39. The van der Waals surface area contributed by atoms with Crippen molar-refractivity contribution in [2.45, 2.75) is 18.9 Å². The van der Waals surface area contributed by atoms with E-state index in [1.807, 2.05) is 30.3 Å². The second kappa shape index (κ2) is 10.1. The van der Waals surface area contributed by atoms with E-state index < -0.39 is 11.0 Å². The summed E-state index contributed by atoms with van der Waals surface area (Å²) in [5.74, 6) is 1.03. The molecule has 0 bridgehead atoms. The van der Waals surface area contributed by atoms with Gasteiger partial charge in [0, 0.05) is 28.8 Å². The summed E-state index contributed by atoms with van der Waals surface area (Å²) in [5, 5.41) is 22.1. The SMILES string of the molecule is COc1ccc(OC)c(C2C3=C(N=c4s/c(=C/c5cc([N+](=O)[O-])cc(Br)c5O)c(=O)n42)c2ccccc2CC3)c1. The number of nitro benzene ring substituents is 1. The van der Waals surface area contributed by atoms with E-state index in [1.54, 1.807) is 24.9 Å². The first-order valence-corrected chi connectivity index (χ1v) is 13.9. The zero-order chi connectivity index (χ0) is 28.1. The number of aromatic nitrogens is 1. The number of ether oxygens (including phenoxy) is 2. The highest BCUT2D eigenvalue weighted by Crippen LogP contribution is 2.44. The number of non-ortho nitro benzene ring substituents is 1. The number of hydrogen-bond donors (Lipinski definition) is 1. The highest BCUT2D eigenvalue weighted by Gasteiger charge is 2.34. The van der Waals surface area contributed by atoms with E-state index in [0.717, 1.165) is 40.2 Å². The van der Waals surface area contributed by atoms with Crippen LogP contribution >= 0.6 is 27.3 Å². The summed E-state index contributed by atoms with van der Waals surface area (Å²) in [5.41, 5.74) is 4.39. The Bertz CT molecular complexity index is 1930. The fraction of sp³-hybridized carbons (Fsp3) is 0.172. The third-order valence-corrected chi connectivity index (χ3v) is 8.77. The van der Waals surface area contributed by atoms with Gasteiger partial charge in [0.15, 0.2) is 4.80 Å². The molecule has 2 aliphatic rings. The number of aryl methyl sites for hydroxylation is 1. The van der Waals surface area contributed by atoms with Gasteiger partial charge in [0.05, 0.1) is 39.9 Å². The van der Waals surface area contributed by atoms with Gasteiger partial charge in [-0.05, 0) is 64.2 Å². The van der Waals surface area contributed by atoms with Crippen LogP contribution in [0, 0.1) is 10.1 Å². The maximum Gasteiger partial charge on any atom is 0.271 e. The molecule has 1 aliphatic heterocycles. The number of benzene rings is 3. The van der Waals surface area contributed by atoms with Crippen LogP contribution in [0.15, 0.2) is 74.4 Å². The van der Waals surface area contributed by atoms with E-state index in [2.05, 4.69) is 22.0 Å². The van der Waals surface area contributed by atoms with Gasteiger partial charge >= 0.3 is 0 Å². The number of phenolic OH excluding ortho intramolecular Hbond substituents is 1. The van der Waals surface area contributed by atoms with E-state index in [0.29, 0.717) is 22.7 Å². The van der Waals surface area contributed by atoms with Gasteiger partial charge < -0.3 is 14.6 Å². The van der Waals surface area contributed by atoms with E-state index in [4.69, 9.17) is 14.5 Å². The van der Waals surface area contributed by atoms with Gasteiger partial charge in [-0.15, -0.1) is 0 Å². The van der Waals surface area contributed by atoms with Gasteiger partial charge in [-0.3, -0.25) is 19.5 Å². The quantitative estimate of drug-likeness (QED) is 0.255. The van der Waals surface area contributed by atoms with Crippen LogP contribution in [-0.4, -0.2) is 28.8 Å². The number of allylic oxidation sites excluding steroid dienone is 1. The largest absolute Gasteiger partial charge is 0.506 e. The molecular formula is C29H22BrN3O6S. The zero-order valence-electron chi connectivity index (χ0n) is 21.4. The van der Waals surface area contributed by atoms with Gasteiger partial charge in [0.25, 0.3) is 11.2 Å². The van der Waals surface area contributed by atoms with Crippen molar-refractivity contribution >= 4 is 44.7 Å². The molecule has 0 spiro atoms. The van der Waals surface area contributed by atoms with Crippen LogP contribution in [0.3, 0.4) is 0 Å². The number of fused-ring (bicyclic) bond motifs is 3. The van der Waals surface area contributed by atoms with Gasteiger partial charge in [-0.2, -0.15) is 0 Å². The molecular weight excluding hydrogens is 598 g/mol. The molecule has 1 unspecified atom stereocenters. The lowest BCUT2D eigenvalue weighted by atomic mass is 9.83. The first-order valence-electron chi connectivity index (χ1n) is 12.3. The molecule has 1 N–H and O–H groups in total. The number of nitro groups is 1. The molecule has 9 nitrogen and oxygen atoms in total. The van der Waals surface area contributed by atoms with Crippen molar-refractivity contribution in [3.63, 3.8) is 0 Å². The van der Waals surface area contributed by atoms with E-state index in [1.165, 1.54) is 23.8 Å². The second-order valence-electron chi connectivity index (χ2n) is 9.34. The predicted octanol–water partition coefficient (Wildman–Crippen LogP) is 4.71. The number of thiazole rings is 1. The molecule has 1 aromatic heterocycles. The fourth-order valence-corrected chi connectivity index (χ4v) is 6.77. The number of hydrogen-bond acceptors (Lipinski definition) is 8. The second-order valence-corrected chi connectivity index (χ2v) is 11.2. The van der Waals surface area contributed by atoms with Crippen molar-refractivity contribution < 1.29 is 19.5 Å². The highest BCUT2D eigenvalue weighted by atomic mass is 79.9. The molecule has 1 atom stereocenters. The Balaban J connectivity index is 1.66. The number of phenols is 1. The van der Waals surface area contributed by atoms with E-state index >= 15 is 0 Å². The monoisotopic (exact) mass is 619 g/mol. The highest BCUT2D eigenvalue weighted by molar-refractivity contribution is 9.10. The third-order valence-electron chi connectivity index (χ3n) is 7.18. The minimum atomic E-state index is -0.552. The van der Waals surface area contributed by atoms with Crippen molar-refractivity contribution in [3.05, 3.63) is 117 Å². The van der Waals surface area contributed by atoms with Crippen LogP contribution in [0.2, 0.25) is 0 Å². The number of nitrogens with zero attached hydrogens (tertiary/aromatic N) is 3. The minimum Gasteiger partial charge on any atom is -0.506 e. The number of aromatic hydroxyl groups is 1. The summed E-state index contributed by atoms with van der Waals surface area (Å²) in [4.78, 5) is 30.4. The number of rotatable bonds is 5. The summed E-state index contributed by atoms with van der Waals surface area (Å²) in [6.45, 7) is 0. The Morgan fingerprint density at radius 2 is 1.95 bits per heavy atom. The Labute approximate surface area is 240 Å². The topological polar surface area (TPSA) is 116 Å². The van der Waals surface area contributed by atoms with Crippen LogP contribution in [0.25, 0.3) is 11.8 Å². The minimum absolute atomic E-state index is 0.149. The summed E-state index contributed by atoms with van der Waals surface area (Å²) in [6.07, 6.45) is 2.96. The molecule has 3 aromatic carbocycles. The smallest absolute Gasteiger partial charge is 0.271 e. The first kappa shape index (κ1) is 26.0. The van der Waals surface area contributed by atoms with Crippen LogP contribution in [0.4, 0.5) is 5.69 Å². The summed E-state index contributed by atoms with van der Waals surface area (Å²) < 4.78 is 13.3. The first-order chi connectivity index (χ1) is 19.3. The maximum absolute atomic E-state index is 14.1. The average Bonchev–Trinajstić information content (AvgIpc) is 3.27. The Kier molecular flexibility index (Phi) is 6.55. The predicted molar refractivity (Wildman–Crippen MR) is 155 cm³/mol. The van der Waals surface area contributed by atoms with Crippen LogP contribution in [0.1, 0.15) is 34.7 Å². The number of methoxy groups -OCH3 is 2. The van der Waals surface area contributed by atoms with Crippen molar-refractivity contribution in [3.8, 4) is 17.2 Å². The van der Waals surface area contributed by atoms with Crippen LogP contribution in [-0.2, 0) is 6.42 Å². The van der Waals surface area contributed by atoms with Gasteiger partial charge in [0.2, 0.25) is 0 Å². The molecule has 1 aliphatic carbocycles. The van der Waals surface area contributed by atoms with Gasteiger partial charge in [0.1, 0.15) is 17.2 Å². The molecule has 0 amide bonds. The van der Waals surface area contributed by atoms with Crippen molar-refractivity contribution in [2.24, 2.45) is 4.99 Å². The molecule has 6 rings (SSSR count). The summed E-state index contributed by atoms with van der Waals surface area (Å²) in [7, 11) is 3.17. The standard InChI is InChI=1S/C29H22BrN3O6S/c1-38-18-8-10-23(39-2)21(14-18)26-20-9-7-15-5-3-4-6-19(15)25(20)31-29-32(26)28(35)24(40-29)12-16-11-17(33(36)37)13-22(30)27(16)34/h3-6,8,10-14,26,34H,7,9H2,1-2H3/b24-12+. The summed E-state index contributed by atoms with van der Waals surface area (Å²) in [6, 6.07) is 15.6. The molecule has 2 heterocycles. The van der Waals surface area contributed by atoms with Crippen molar-refractivity contribution in [1.82, 2.24) is 4.57 Å². The maximum atomic E-state index is 14.1. The molecule has 40 heavy (non-hydrogen) atoms. The Morgan fingerprint density at radius 1 is 1.15 bits per heavy atom. The number of halogens is 1. The average molecular weight is 620 g/mol. The lowest BCUT2D eigenvalue weighted by molar-refractivity contribution is -0.385. The molecule has 202 valence electrons. The van der Waals surface area contributed by atoms with Crippen LogP contribution < -0.4 is 24.4 Å². The third kappa shape index (κ3) is 4.22. The molecule has 0 radical (unpaired) electrons. The normalized spacial score (nSPS) is 16.1. The van der Waals surface area contributed by atoms with Crippen LogP contribution in [0.5, 0.6) is 17.2 Å². The molecule has 0 saturated carbocycles. The lowest BCUT2D eigenvalue weighted by Gasteiger charge is -2.31. The van der Waals surface area contributed by atoms with Gasteiger partial charge in [-0.1, -0.05) is 35.6 Å².